The molecule has 0 N–H and O–H groups in total. The molecule has 3 aromatic carbocycles. The molecule has 0 aliphatic heterocycles. The maximum Gasteiger partial charge on any atom is 0.253 e. The molecule has 0 saturated carbocycles. The molecule has 0 aromatic heterocycles. The number of hydrogen-bond acceptors (Lipinski definition) is 2. The van der Waals surface area contributed by atoms with Crippen molar-refractivity contribution in [1.29, 1.82) is 0 Å². The molecule has 3 aromatic rings. The van der Waals surface area contributed by atoms with E-state index in [1.807, 2.05) is 43.3 Å². The van der Waals surface area contributed by atoms with Gasteiger partial charge in [0.05, 0.1) is 0 Å². The Bertz CT molecular complexity index is 993. The van der Waals surface area contributed by atoms with Crippen molar-refractivity contribution in [3.05, 3.63) is 70.2 Å². The van der Waals surface area contributed by atoms with Crippen LogP contribution in [0.25, 0.3) is 21.9 Å². The summed E-state index contributed by atoms with van der Waals surface area (Å²) < 4.78 is 0. The van der Waals surface area contributed by atoms with Gasteiger partial charge in [0.25, 0.3) is 5.91 Å². The molecule has 25 heavy (non-hydrogen) atoms. The van der Waals surface area contributed by atoms with Gasteiger partial charge in [-0.15, -0.1) is 0 Å². The number of halogens is 1. The molecule has 0 aliphatic rings. The van der Waals surface area contributed by atoms with Gasteiger partial charge in [0.1, 0.15) is 0 Å². The van der Waals surface area contributed by atoms with Crippen molar-refractivity contribution in [2.75, 3.05) is 14.1 Å². The number of hydrogen-bond donors (Lipinski definition) is 0. The van der Waals surface area contributed by atoms with E-state index < -0.39 is 0 Å². The lowest BCUT2D eigenvalue weighted by atomic mass is 9.96. The lowest BCUT2D eigenvalue weighted by molar-refractivity contribution is 0.0827. The summed E-state index contributed by atoms with van der Waals surface area (Å²) in [6.07, 6.45) is 0.895. The van der Waals surface area contributed by atoms with Crippen molar-refractivity contribution in [2.45, 2.75) is 6.92 Å². The van der Waals surface area contributed by atoms with Gasteiger partial charge in [-0.2, -0.15) is 0 Å². The first-order valence-electron chi connectivity index (χ1n) is 7.92. The van der Waals surface area contributed by atoms with Gasteiger partial charge in [0.15, 0.2) is 6.29 Å². The van der Waals surface area contributed by atoms with Crippen LogP contribution in [-0.2, 0) is 0 Å². The molecule has 0 bridgehead atoms. The minimum atomic E-state index is -0.0851. The van der Waals surface area contributed by atoms with Gasteiger partial charge in [0.2, 0.25) is 0 Å². The average Bonchev–Trinajstić information content (AvgIpc) is 2.60. The standard InChI is InChI=1S/C21H18ClNO2/c1-13-4-5-14-10-15(6-8-17(14)19(13)12-24)18-9-7-16(11-20(18)22)21(25)23(2)3/h4-12H,1-3H3. The molecule has 0 atom stereocenters. The second-order valence-corrected chi connectivity index (χ2v) is 6.65. The summed E-state index contributed by atoms with van der Waals surface area (Å²) in [6, 6.07) is 15.2. The minimum Gasteiger partial charge on any atom is -0.345 e. The van der Waals surface area contributed by atoms with Crippen LogP contribution in [0.5, 0.6) is 0 Å². The summed E-state index contributed by atoms with van der Waals surface area (Å²) >= 11 is 6.42. The Morgan fingerprint density at radius 2 is 1.80 bits per heavy atom. The zero-order valence-corrected chi connectivity index (χ0v) is 15.1. The molecule has 1 amide bonds. The smallest absolute Gasteiger partial charge is 0.253 e. The third-order valence-corrected chi connectivity index (χ3v) is 4.64. The van der Waals surface area contributed by atoms with E-state index in [1.165, 1.54) is 4.90 Å². The Hall–Kier alpha value is -2.65. The quantitative estimate of drug-likeness (QED) is 0.624. The van der Waals surface area contributed by atoms with Gasteiger partial charge in [-0.1, -0.05) is 41.9 Å². The molecule has 3 nitrogen and oxygen atoms in total. The molecule has 126 valence electrons. The third-order valence-electron chi connectivity index (χ3n) is 4.33. The summed E-state index contributed by atoms with van der Waals surface area (Å²) in [5, 5.41) is 2.43. The van der Waals surface area contributed by atoms with Crippen LogP contribution in [0.3, 0.4) is 0 Å². The highest BCUT2D eigenvalue weighted by atomic mass is 35.5. The molecular weight excluding hydrogens is 334 g/mol. The SMILES string of the molecule is Cc1ccc2cc(-c3ccc(C(=O)N(C)C)cc3Cl)ccc2c1C=O. The number of aldehydes is 1. The maximum absolute atomic E-state index is 12.1. The maximum atomic E-state index is 12.1. The largest absolute Gasteiger partial charge is 0.345 e. The molecule has 0 spiro atoms. The van der Waals surface area contributed by atoms with Crippen molar-refractivity contribution in [1.82, 2.24) is 4.90 Å². The molecule has 0 radical (unpaired) electrons. The molecule has 0 saturated heterocycles. The van der Waals surface area contributed by atoms with Crippen LogP contribution >= 0.6 is 11.6 Å². The first kappa shape index (κ1) is 17.2. The summed E-state index contributed by atoms with van der Waals surface area (Å²) in [7, 11) is 3.42. The molecule has 0 aliphatic carbocycles. The van der Waals surface area contributed by atoms with Crippen molar-refractivity contribution in [2.24, 2.45) is 0 Å². The number of rotatable bonds is 3. The van der Waals surface area contributed by atoms with Crippen molar-refractivity contribution in [3.63, 3.8) is 0 Å². The van der Waals surface area contributed by atoms with Crippen LogP contribution < -0.4 is 0 Å². The van der Waals surface area contributed by atoms with E-state index in [9.17, 15) is 9.59 Å². The number of aryl methyl sites for hydroxylation is 1. The van der Waals surface area contributed by atoms with Gasteiger partial charge in [-0.05, 0) is 47.0 Å². The van der Waals surface area contributed by atoms with Crippen molar-refractivity contribution >= 4 is 34.6 Å². The highest BCUT2D eigenvalue weighted by Crippen LogP contribution is 2.32. The first-order chi connectivity index (χ1) is 11.9. The summed E-state index contributed by atoms with van der Waals surface area (Å²) in [4.78, 5) is 24.9. The van der Waals surface area contributed by atoms with Crippen molar-refractivity contribution < 1.29 is 9.59 Å². The summed E-state index contributed by atoms with van der Waals surface area (Å²) in [5.41, 5.74) is 4.02. The highest BCUT2D eigenvalue weighted by molar-refractivity contribution is 6.33. The van der Waals surface area contributed by atoms with Crippen LogP contribution in [0.1, 0.15) is 26.3 Å². The van der Waals surface area contributed by atoms with Crippen LogP contribution in [-0.4, -0.2) is 31.2 Å². The Balaban J connectivity index is 2.09. The van der Waals surface area contributed by atoms with Gasteiger partial charge >= 0.3 is 0 Å². The van der Waals surface area contributed by atoms with E-state index >= 15 is 0 Å². The van der Waals surface area contributed by atoms with Gasteiger partial charge in [0, 0.05) is 35.8 Å². The lowest BCUT2D eigenvalue weighted by Gasteiger charge is -2.13. The van der Waals surface area contributed by atoms with E-state index in [2.05, 4.69) is 0 Å². The summed E-state index contributed by atoms with van der Waals surface area (Å²) in [5.74, 6) is -0.0851. The number of carbonyl (C=O) groups is 2. The monoisotopic (exact) mass is 351 g/mol. The minimum absolute atomic E-state index is 0.0851. The zero-order chi connectivity index (χ0) is 18.1. The predicted molar refractivity (Wildman–Crippen MR) is 103 cm³/mol. The topological polar surface area (TPSA) is 37.4 Å². The third kappa shape index (κ3) is 3.15. The number of benzene rings is 3. The zero-order valence-electron chi connectivity index (χ0n) is 14.3. The van der Waals surface area contributed by atoms with Gasteiger partial charge in [-0.3, -0.25) is 9.59 Å². The van der Waals surface area contributed by atoms with Crippen molar-refractivity contribution in [3.8, 4) is 11.1 Å². The Morgan fingerprint density at radius 1 is 1.04 bits per heavy atom. The van der Waals surface area contributed by atoms with Gasteiger partial charge < -0.3 is 4.90 Å². The molecule has 0 fully saturated rings. The summed E-state index contributed by atoms with van der Waals surface area (Å²) in [6.45, 7) is 1.93. The highest BCUT2D eigenvalue weighted by Gasteiger charge is 2.12. The Labute approximate surface area is 151 Å². The molecule has 3 rings (SSSR count). The fourth-order valence-electron chi connectivity index (χ4n) is 2.93. The second-order valence-electron chi connectivity index (χ2n) is 6.24. The molecule has 0 unspecified atom stereocenters. The molecular formula is C21H18ClNO2. The normalized spacial score (nSPS) is 10.7. The Kier molecular flexibility index (Phi) is 4.60. The first-order valence-corrected chi connectivity index (χ1v) is 8.30. The lowest BCUT2D eigenvalue weighted by Crippen LogP contribution is -2.21. The second kappa shape index (κ2) is 6.69. The van der Waals surface area contributed by atoms with Crippen LogP contribution in [0.15, 0.2) is 48.5 Å². The Morgan fingerprint density at radius 3 is 2.44 bits per heavy atom. The average molecular weight is 352 g/mol. The van der Waals surface area contributed by atoms with Gasteiger partial charge in [-0.25, -0.2) is 0 Å². The number of amides is 1. The van der Waals surface area contributed by atoms with Crippen LogP contribution in [0.4, 0.5) is 0 Å². The fraction of sp³-hybridized carbons (Fsp3) is 0.143. The van der Waals surface area contributed by atoms with E-state index in [-0.39, 0.29) is 5.91 Å². The molecule has 0 heterocycles. The van der Waals surface area contributed by atoms with E-state index in [0.717, 1.165) is 33.7 Å². The van der Waals surface area contributed by atoms with Crippen LogP contribution in [0.2, 0.25) is 5.02 Å². The number of fused-ring (bicyclic) bond motifs is 1. The van der Waals surface area contributed by atoms with E-state index in [4.69, 9.17) is 11.6 Å². The number of carbonyl (C=O) groups excluding carboxylic acids is 2. The van der Waals surface area contributed by atoms with Crippen LogP contribution in [0, 0.1) is 6.92 Å². The number of nitrogens with zero attached hydrogens (tertiary/aromatic N) is 1. The molecule has 4 heteroatoms. The predicted octanol–water partition coefficient (Wildman–Crippen LogP) is 4.98. The van der Waals surface area contributed by atoms with E-state index in [1.54, 1.807) is 26.2 Å². The van der Waals surface area contributed by atoms with E-state index in [0.29, 0.717) is 16.1 Å². The fourth-order valence-corrected chi connectivity index (χ4v) is 3.22.